The van der Waals surface area contributed by atoms with E-state index in [1.165, 1.54) is 0 Å². The van der Waals surface area contributed by atoms with Crippen LogP contribution in [0.3, 0.4) is 0 Å². The highest BCUT2D eigenvalue weighted by atomic mass is 16.5. The van der Waals surface area contributed by atoms with Crippen LogP contribution in [-0.4, -0.2) is 30.3 Å². The lowest BCUT2D eigenvalue weighted by molar-refractivity contribution is -0.145. The molecule has 5 nitrogen and oxygen atoms in total. The van der Waals surface area contributed by atoms with Gasteiger partial charge in [0.2, 0.25) is 0 Å². The second kappa shape index (κ2) is 8.05. The molecule has 5 heteroatoms. The van der Waals surface area contributed by atoms with E-state index in [4.69, 9.17) is 15.2 Å². The van der Waals surface area contributed by atoms with Crippen LogP contribution in [0.15, 0.2) is 54.6 Å². The zero-order valence-corrected chi connectivity index (χ0v) is 12.1. The average Bonchev–Trinajstić information content (AvgIpc) is 2.54. The van der Waals surface area contributed by atoms with E-state index in [2.05, 4.69) is 0 Å². The van der Waals surface area contributed by atoms with Crippen LogP contribution < -0.4 is 15.2 Å². The molecule has 0 aliphatic rings. The molecule has 2 aromatic rings. The number of nitrogens with two attached hydrogens (primary N) is 1. The molecule has 0 amide bonds. The highest BCUT2D eigenvalue weighted by Crippen LogP contribution is 2.17. The average molecular weight is 301 g/mol. The van der Waals surface area contributed by atoms with Crippen LogP contribution in [0.4, 0.5) is 0 Å². The topological polar surface area (TPSA) is 81.8 Å². The van der Waals surface area contributed by atoms with Crippen molar-refractivity contribution in [3.8, 4) is 11.5 Å². The molecule has 0 heterocycles. The summed E-state index contributed by atoms with van der Waals surface area (Å²) in [4.78, 5) is 11.4. The van der Waals surface area contributed by atoms with Gasteiger partial charge in [0.25, 0.3) is 0 Å². The van der Waals surface area contributed by atoms with Crippen LogP contribution in [0, 0.1) is 0 Å². The summed E-state index contributed by atoms with van der Waals surface area (Å²) in [5.74, 6) is 0.259. The van der Waals surface area contributed by atoms with Gasteiger partial charge in [0.15, 0.2) is 6.10 Å². The fraction of sp³-hybridized carbons (Fsp3) is 0.235. The Morgan fingerprint density at radius 1 is 1.05 bits per heavy atom. The Balaban J connectivity index is 2.00. The summed E-state index contributed by atoms with van der Waals surface area (Å²) in [6, 6.07) is 16.2. The smallest absolute Gasteiger partial charge is 0.345 e. The van der Waals surface area contributed by atoms with E-state index in [0.717, 1.165) is 5.56 Å². The number of hydrogen-bond donors (Lipinski definition) is 2. The van der Waals surface area contributed by atoms with Crippen molar-refractivity contribution in [1.82, 2.24) is 0 Å². The number of rotatable bonds is 8. The molecule has 0 aromatic heterocycles. The van der Waals surface area contributed by atoms with E-state index in [-0.39, 0.29) is 6.42 Å². The van der Waals surface area contributed by atoms with Gasteiger partial charge in [-0.15, -0.1) is 0 Å². The predicted molar refractivity (Wildman–Crippen MR) is 83.2 cm³/mol. The van der Waals surface area contributed by atoms with Crippen molar-refractivity contribution in [3.63, 3.8) is 0 Å². The molecule has 2 rings (SSSR count). The minimum Gasteiger partial charge on any atom is -0.492 e. The van der Waals surface area contributed by atoms with Crippen molar-refractivity contribution < 1.29 is 19.4 Å². The first kappa shape index (κ1) is 15.9. The first-order valence-corrected chi connectivity index (χ1v) is 7.05. The zero-order valence-electron chi connectivity index (χ0n) is 12.1. The lowest BCUT2D eigenvalue weighted by Crippen LogP contribution is -2.29. The molecular formula is C17H19NO4. The molecule has 1 unspecified atom stereocenters. The molecule has 0 saturated heterocycles. The highest BCUT2D eigenvalue weighted by molar-refractivity contribution is 5.73. The molecule has 0 fully saturated rings. The number of ether oxygens (including phenoxy) is 2. The second-order valence-corrected chi connectivity index (χ2v) is 4.74. The Kier molecular flexibility index (Phi) is 5.80. The normalized spacial score (nSPS) is 11.7. The fourth-order valence-corrected chi connectivity index (χ4v) is 1.96. The fourth-order valence-electron chi connectivity index (χ4n) is 1.96. The van der Waals surface area contributed by atoms with Crippen molar-refractivity contribution in [3.05, 3.63) is 60.2 Å². The third-order valence-electron chi connectivity index (χ3n) is 3.03. The molecule has 0 aliphatic heterocycles. The third-order valence-corrected chi connectivity index (χ3v) is 3.03. The number of aliphatic carboxylic acids is 1. The van der Waals surface area contributed by atoms with Crippen LogP contribution in [0.5, 0.6) is 11.5 Å². The monoisotopic (exact) mass is 301 g/mol. The molecule has 0 radical (unpaired) electrons. The SMILES string of the molecule is NCCOc1ccc(CC(Oc2ccccc2)C(=O)O)cc1. The van der Waals surface area contributed by atoms with Gasteiger partial charge in [-0.2, -0.15) is 0 Å². The minimum atomic E-state index is -0.993. The molecule has 0 bridgehead atoms. The zero-order chi connectivity index (χ0) is 15.8. The van der Waals surface area contributed by atoms with Crippen LogP contribution in [0.1, 0.15) is 5.56 Å². The molecule has 0 aliphatic carbocycles. The van der Waals surface area contributed by atoms with Gasteiger partial charge >= 0.3 is 5.97 Å². The molecule has 2 aromatic carbocycles. The van der Waals surface area contributed by atoms with Crippen LogP contribution in [0.2, 0.25) is 0 Å². The lowest BCUT2D eigenvalue weighted by Gasteiger charge is -2.15. The van der Waals surface area contributed by atoms with Gasteiger partial charge < -0.3 is 20.3 Å². The summed E-state index contributed by atoms with van der Waals surface area (Å²) in [5, 5.41) is 9.30. The van der Waals surface area contributed by atoms with E-state index in [1.807, 2.05) is 18.2 Å². The van der Waals surface area contributed by atoms with Crippen molar-refractivity contribution in [2.24, 2.45) is 5.73 Å². The van der Waals surface area contributed by atoms with Gasteiger partial charge in [0.05, 0.1) is 0 Å². The maximum Gasteiger partial charge on any atom is 0.345 e. The Hall–Kier alpha value is -2.53. The number of carboxylic acids is 1. The molecule has 22 heavy (non-hydrogen) atoms. The van der Waals surface area contributed by atoms with E-state index in [0.29, 0.717) is 24.7 Å². The van der Waals surface area contributed by atoms with E-state index in [9.17, 15) is 9.90 Å². The van der Waals surface area contributed by atoms with Gasteiger partial charge in [-0.25, -0.2) is 4.79 Å². The van der Waals surface area contributed by atoms with Crippen LogP contribution in [0.25, 0.3) is 0 Å². The summed E-state index contributed by atoms with van der Waals surface area (Å²) in [6.45, 7) is 0.905. The molecule has 3 N–H and O–H groups in total. The summed E-state index contributed by atoms with van der Waals surface area (Å²) < 4.78 is 10.9. The van der Waals surface area contributed by atoms with Crippen molar-refractivity contribution in [1.29, 1.82) is 0 Å². The number of para-hydroxylation sites is 1. The Morgan fingerprint density at radius 2 is 1.73 bits per heavy atom. The quantitative estimate of drug-likeness (QED) is 0.780. The maximum atomic E-state index is 11.4. The molecule has 116 valence electrons. The minimum absolute atomic E-state index is 0.279. The van der Waals surface area contributed by atoms with Gasteiger partial charge in [0, 0.05) is 13.0 Å². The third kappa shape index (κ3) is 4.79. The van der Waals surface area contributed by atoms with Gasteiger partial charge in [-0.3, -0.25) is 0 Å². The molecule has 1 atom stereocenters. The van der Waals surface area contributed by atoms with Crippen molar-refractivity contribution in [2.75, 3.05) is 13.2 Å². The van der Waals surface area contributed by atoms with Gasteiger partial charge in [-0.1, -0.05) is 30.3 Å². The number of hydrogen-bond acceptors (Lipinski definition) is 4. The Labute approximate surface area is 129 Å². The van der Waals surface area contributed by atoms with Crippen molar-refractivity contribution >= 4 is 5.97 Å². The number of benzene rings is 2. The number of carboxylic acid groups (broad SMARTS) is 1. The summed E-state index contributed by atoms with van der Waals surface area (Å²) >= 11 is 0. The van der Waals surface area contributed by atoms with Gasteiger partial charge in [-0.05, 0) is 29.8 Å². The molecular weight excluding hydrogens is 282 g/mol. The van der Waals surface area contributed by atoms with E-state index in [1.54, 1.807) is 36.4 Å². The van der Waals surface area contributed by atoms with Crippen molar-refractivity contribution in [2.45, 2.75) is 12.5 Å². The van der Waals surface area contributed by atoms with E-state index >= 15 is 0 Å². The van der Waals surface area contributed by atoms with Gasteiger partial charge in [0.1, 0.15) is 18.1 Å². The first-order valence-electron chi connectivity index (χ1n) is 7.05. The first-order chi connectivity index (χ1) is 10.7. The highest BCUT2D eigenvalue weighted by Gasteiger charge is 2.20. The second-order valence-electron chi connectivity index (χ2n) is 4.74. The Bertz CT molecular complexity index is 583. The van der Waals surface area contributed by atoms with E-state index < -0.39 is 12.1 Å². The molecule has 0 saturated carbocycles. The standard InChI is InChI=1S/C17H19NO4/c18-10-11-21-14-8-6-13(7-9-14)12-16(17(19)20)22-15-4-2-1-3-5-15/h1-9,16H,10-12,18H2,(H,19,20). The molecule has 0 spiro atoms. The maximum absolute atomic E-state index is 11.4. The largest absolute Gasteiger partial charge is 0.492 e. The Morgan fingerprint density at radius 3 is 2.32 bits per heavy atom. The number of carbonyl (C=O) groups is 1. The summed E-state index contributed by atoms with van der Waals surface area (Å²) in [6.07, 6.45) is -0.653. The lowest BCUT2D eigenvalue weighted by atomic mass is 10.1. The van der Waals surface area contributed by atoms with Crippen LogP contribution in [-0.2, 0) is 11.2 Å². The van der Waals surface area contributed by atoms with Crippen LogP contribution >= 0.6 is 0 Å². The predicted octanol–water partition coefficient (Wildman–Crippen LogP) is 2.10. The summed E-state index contributed by atoms with van der Waals surface area (Å²) in [5.41, 5.74) is 6.24. The summed E-state index contributed by atoms with van der Waals surface area (Å²) in [7, 11) is 0.